The van der Waals surface area contributed by atoms with Gasteiger partial charge in [0.2, 0.25) is 0 Å². The molecule has 4 saturated carbocycles. The Kier molecular flexibility index (Phi) is 8.76. The molecule has 0 spiro atoms. The van der Waals surface area contributed by atoms with Crippen molar-refractivity contribution in [2.24, 2.45) is 46.3 Å². The molecule has 0 bridgehead atoms. The van der Waals surface area contributed by atoms with Crippen LogP contribution in [-0.4, -0.2) is 60.0 Å². The predicted molar refractivity (Wildman–Crippen MR) is 142 cm³/mol. The van der Waals surface area contributed by atoms with Crippen molar-refractivity contribution in [2.75, 3.05) is 32.7 Å². The number of aliphatic hydroxyl groups is 2. The van der Waals surface area contributed by atoms with Gasteiger partial charge in [-0.25, -0.2) is 0 Å². The number of rotatable bonds is 10. The van der Waals surface area contributed by atoms with Crippen LogP contribution < -0.4 is 5.32 Å². The fourth-order valence-corrected chi connectivity index (χ4v) is 9.83. The van der Waals surface area contributed by atoms with E-state index >= 15 is 0 Å². The number of hydrogen-bond acceptors (Lipinski definition) is 4. The summed E-state index contributed by atoms with van der Waals surface area (Å²) in [4.78, 5) is 2.49. The fraction of sp³-hybridized carbons (Fsp3) is 1.00. The van der Waals surface area contributed by atoms with Gasteiger partial charge in [-0.15, -0.1) is 0 Å². The first-order valence-corrected chi connectivity index (χ1v) is 15.0. The Hall–Kier alpha value is -0.160. The summed E-state index contributed by atoms with van der Waals surface area (Å²) in [5.74, 6) is 3.97. The molecule has 4 fully saturated rings. The Morgan fingerprint density at radius 2 is 1.62 bits per heavy atom. The molecule has 0 saturated heterocycles. The van der Waals surface area contributed by atoms with Crippen molar-refractivity contribution in [3.8, 4) is 0 Å². The van der Waals surface area contributed by atoms with Gasteiger partial charge in [0, 0.05) is 13.1 Å². The Balaban J connectivity index is 1.32. The van der Waals surface area contributed by atoms with Crippen LogP contribution in [0.5, 0.6) is 0 Å². The second-order valence-electron chi connectivity index (χ2n) is 13.3. The van der Waals surface area contributed by atoms with Gasteiger partial charge in [-0.05, 0) is 130 Å². The molecule has 0 aromatic carbocycles. The Labute approximate surface area is 210 Å². The van der Waals surface area contributed by atoms with Gasteiger partial charge in [0.05, 0.1) is 12.2 Å². The van der Waals surface area contributed by atoms with Crippen LogP contribution in [0.25, 0.3) is 0 Å². The highest BCUT2D eigenvalue weighted by Crippen LogP contribution is 2.68. The lowest BCUT2D eigenvalue weighted by atomic mass is 9.43. The topological polar surface area (TPSA) is 55.7 Å². The van der Waals surface area contributed by atoms with Crippen LogP contribution in [0.2, 0.25) is 0 Å². The molecule has 4 rings (SSSR count). The van der Waals surface area contributed by atoms with Crippen LogP contribution in [0.1, 0.15) is 98.8 Å². The zero-order chi connectivity index (χ0) is 24.5. The summed E-state index contributed by atoms with van der Waals surface area (Å²) in [7, 11) is 0. The number of fused-ring (bicyclic) bond motifs is 5. The van der Waals surface area contributed by atoms with E-state index in [-0.39, 0.29) is 12.2 Å². The van der Waals surface area contributed by atoms with Crippen LogP contribution in [0.4, 0.5) is 0 Å². The second-order valence-corrected chi connectivity index (χ2v) is 13.3. The Morgan fingerprint density at radius 1 is 0.912 bits per heavy atom. The molecule has 0 amide bonds. The summed E-state index contributed by atoms with van der Waals surface area (Å²) in [5.41, 5.74) is 0.750. The van der Waals surface area contributed by atoms with Crippen molar-refractivity contribution in [1.29, 1.82) is 0 Å². The molecule has 0 heterocycles. The molecule has 3 N–H and O–H groups in total. The van der Waals surface area contributed by atoms with Crippen LogP contribution >= 0.6 is 0 Å². The number of likely N-dealkylation sites (N-methyl/N-ethyl adjacent to an activating group) is 1. The molecule has 4 heteroatoms. The molecule has 198 valence electrons. The highest BCUT2D eigenvalue weighted by Gasteiger charge is 2.62. The third kappa shape index (κ3) is 5.00. The Morgan fingerprint density at radius 3 is 2.35 bits per heavy atom. The molecule has 0 aliphatic heterocycles. The summed E-state index contributed by atoms with van der Waals surface area (Å²) in [6.07, 6.45) is 11.7. The molecule has 0 aromatic rings. The highest BCUT2D eigenvalue weighted by atomic mass is 16.3. The Bertz CT molecular complexity index is 654. The van der Waals surface area contributed by atoms with E-state index in [1.807, 2.05) is 0 Å². The SMILES string of the molecule is CCN(CC)CCNCCC[C@@H](C)[C@H]1CC[C@H]2[C@@H]3[C@H](O)C[C@@H]4C[C@H](O)CC[C@]4(C)[C@H]3CC[C@]12C. The zero-order valence-corrected chi connectivity index (χ0v) is 23.1. The first kappa shape index (κ1) is 26.9. The van der Waals surface area contributed by atoms with E-state index < -0.39 is 0 Å². The maximum Gasteiger partial charge on any atom is 0.0577 e. The van der Waals surface area contributed by atoms with E-state index in [4.69, 9.17) is 0 Å². The first-order chi connectivity index (χ1) is 16.2. The average Bonchev–Trinajstić information content (AvgIpc) is 3.17. The molecule has 0 aromatic heterocycles. The maximum atomic E-state index is 11.4. The lowest BCUT2D eigenvalue weighted by molar-refractivity contribution is -0.174. The second kappa shape index (κ2) is 11.1. The first-order valence-electron chi connectivity index (χ1n) is 15.0. The van der Waals surface area contributed by atoms with Gasteiger partial charge < -0.3 is 20.4 Å². The molecule has 4 aliphatic rings. The van der Waals surface area contributed by atoms with Crippen LogP contribution in [0.3, 0.4) is 0 Å². The van der Waals surface area contributed by atoms with Crippen molar-refractivity contribution in [1.82, 2.24) is 10.2 Å². The van der Waals surface area contributed by atoms with E-state index in [9.17, 15) is 10.2 Å². The number of hydrogen-bond donors (Lipinski definition) is 3. The summed E-state index contributed by atoms with van der Waals surface area (Å²) in [6.45, 7) is 17.9. The van der Waals surface area contributed by atoms with E-state index in [0.717, 1.165) is 70.2 Å². The van der Waals surface area contributed by atoms with Crippen molar-refractivity contribution in [3.05, 3.63) is 0 Å². The minimum atomic E-state index is -0.151. The summed E-state index contributed by atoms with van der Waals surface area (Å²) in [6, 6.07) is 0. The van der Waals surface area contributed by atoms with Gasteiger partial charge in [0.15, 0.2) is 0 Å². The summed E-state index contributed by atoms with van der Waals surface area (Å²) < 4.78 is 0. The minimum Gasteiger partial charge on any atom is -0.393 e. The lowest BCUT2D eigenvalue weighted by Crippen LogP contribution is -2.58. The van der Waals surface area contributed by atoms with Crippen molar-refractivity contribution >= 4 is 0 Å². The molecule has 34 heavy (non-hydrogen) atoms. The van der Waals surface area contributed by atoms with Crippen molar-refractivity contribution in [2.45, 2.75) is 111 Å². The third-order valence-corrected chi connectivity index (χ3v) is 11.9. The monoisotopic (exact) mass is 476 g/mol. The van der Waals surface area contributed by atoms with Gasteiger partial charge in [-0.3, -0.25) is 0 Å². The van der Waals surface area contributed by atoms with Gasteiger partial charge in [0.25, 0.3) is 0 Å². The number of aliphatic hydroxyl groups excluding tert-OH is 2. The van der Waals surface area contributed by atoms with Gasteiger partial charge >= 0.3 is 0 Å². The van der Waals surface area contributed by atoms with Gasteiger partial charge in [0.1, 0.15) is 0 Å². The smallest absolute Gasteiger partial charge is 0.0577 e. The number of nitrogens with zero attached hydrogens (tertiary/aromatic N) is 1. The average molecular weight is 477 g/mol. The molecule has 4 nitrogen and oxygen atoms in total. The molecule has 4 aliphatic carbocycles. The van der Waals surface area contributed by atoms with E-state index in [1.54, 1.807) is 0 Å². The molecular weight excluding hydrogens is 420 g/mol. The molecule has 0 radical (unpaired) electrons. The van der Waals surface area contributed by atoms with Crippen molar-refractivity contribution < 1.29 is 10.2 Å². The van der Waals surface area contributed by atoms with Gasteiger partial charge in [-0.2, -0.15) is 0 Å². The third-order valence-electron chi connectivity index (χ3n) is 11.9. The summed E-state index contributed by atoms with van der Waals surface area (Å²) in [5, 5.41) is 25.4. The largest absolute Gasteiger partial charge is 0.393 e. The minimum absolute atomic E-state index is 0.140. The van der Waals surface area contributed by atoms with E-state index in [0.29, 0.717) is 34.5 Å². The quantitative estimate of drug-likeness (QED) is 0.373. The van der Waals surface area contributed by atoms with E-state index in [2.05, 4.69) is 44.8 Å². The molecule has 0 unspecified atom stereocenters. The molecule has 10 atom stereocenters. The maximum absolute atomic E-state index is 11.4. The predicted octanol–water partition coefficient (Wildman–Crippen LogP) is 5.32. The normalized spacial score (nSPS) is 45.0. The summed E-state index contributed by atoms with van der Waals surface area (Å²) >= 11 is 0. The molecular formula is C30H56N2O2. The standard InChI is InChI=1S/C30H56N2O2/c1-6-32(7-2)18-17-31-16-8-9-21(3)24-10-11-25-28-26(13-15-30(24,25)5)29(4)14-12-23(33)19-22(29)20-27(28)34/h21-28,31,33-34H,6-20H2,1-5H3/t21-,22+,23-,24-,25+,26+,27-,28+,29+,30-/m1/s1. The zero-order valence-electron chi connectivity index (χ0n) is 23.1. The van der Waals surface area contributed by atoms with Gasteiger partial charge in [-0.1, -0.05) is 34.6 Å². The highest BCUT2D eigenvalue weighted by molar-refractivity contribution is 5.11. The van der Waals surface area contributed by atoms with E-state index in [1.165, 1.54) is 38.5 Å². The van der Waals surface area contributed by atoms with Crippen molar-refractivity contribution in [3.63, 3.8) is 0 Å². The lowest BCUT2D eigenvalue weighted by Gasteiger charge is -2.62. The fourth-order valence-electron chi connectivity index (χ4n) is 9.83. The van der Waals surface area contributed by atoms with Crippen LogP contribution in [0.15, 0.2) is 0 Å². The van der Waals surface area contributed by atoms with Crippen LogP contribution in [0, 0.1) is 46.3 Å². The number of nitrogens with one attached hydrogen (secondary N) is 1. The van der Waals surface area contributed by atoms with Crippen LogP contribution in [-0.2, 0) is 0 Å².